The van der Waals surface area contributed by atoms with Crippen LogP contribution in [0.25, 0.3) is 55.9 Å². The van der Waals surface area contributed by atoms with E-state index in [1.165, 1.54) is 11.7 Å². The van der Waals surface area contributed by atoms with E-state index < -0.39 is 0 Å². The van der Waals surface area contributed by atoms with Crippen molar-refractivity contribution >= 4 is 44.7 Å². The van der Waals surface area contributed by atoms with Crippen LogP contribution in [0, 0.1) is 0 Å². The number of para-hydroxylation sites is 1. The maximum absolute atomic E-state index is 4.84. The van der Waals surface area contributed by atoms with E-state index in [4.69, 9.17) is 19.9 Å². The first kappa shape index (κ1) is 15.4. The third-order valence-electron chi connectivity index (χ3n) is 4.71. The summed E-state index contributed by atoms with van der Waals surface area (Å²) in [4.78, 5) is 19.1. The van der Waals surface area contributed by atoms with Crippen molar-refractivity contribution in [2.75, 3.05) is 0 Å². The molecule has 0 unspecified atom stereocenters. The highest BCUT2D eigenvalue weighted by Crippen LogP contribution is 2.30. The molecule has 0 aliphatic carbocycles. The highest BCUT2D eigenvalue weighted by atomic mass is 32.1. The van der Waals surface area contributed by atoms with Crippen LogP contribution >= 0.6 is 11.7 Å². The van der Waals surface area contributed by atoms with E-state index in [9.17, 15) is 0 Å². The second-order valence-electron chi connectivity index (χ2n) is 6.44. The van der Waals surface area contributed by atoms with Gasteiger partial charge in [-0.15, -0.1) is 0 Å². The van der Waals surface area contributed by atoms with Crippen molar-refractivity contribution in [3.63, 3.8) is 0 Å². The lowest BCUT2D eigenvalue weighted by molar-refractivity contribution is 1.19. The van der Waals surface area contributed by atoms with Crippen molar-refractivity contribution in [3.05, 3.63) is 66.7 Å². The van der Waals surface area contributed by atoms with Gasteiger partial charge in [0.05, 0.1) is 16.6 Å². The summed E-state index contributed by atoms with van der Waals surface area (Å²) in [7, 11) is 0. The van der Waals surface area contributed by atoms with Crippen LogP contribution in [-0.4, -0.2) is 28.7 Å². The maximum Gasteiger partial charge on any atom is 0.180 e. The van der Waals surface area contributed by atoms with Gasteiger partial charge in [-0.25, -0.2) is 19.9 Å². The minimum absolute atomic E-state index is 0.589. The van der Waals surface area contributed by atoms with E-state index >= 15 is 0 Å². The van der Waals surface area contributed by atoms with Gasteiger partial charge in [0, 0.05) is 22.7 Å². The Bertz CT molecular complexity index is 1470. The molecule has 0 saturated heterocycles. The van der Waals surface area contributed by atoms with Gasteiger partial charge in [0.1, 0.15) is 16.7 Å². The number of aromatic amines is 1. The molecule has 6 aromatic rings. The maximum atomic E-state index is 4.84. The van der Waals surface area contributed by atoms with E-state index in [1.54, 1.807) is 0 Å². The van der Waals surface area contributed by atoms with E-state index in [2.05, 4.69) is 8.75 Å². The van der Waals surface area contributed by atoms with Crippen LogP contribution in [0.15, 0.2) is 66.7 Å². The van der Waals surface area contributed by atoms with Crippen LogP contribution in [-0.2, 0) is 0 Å². The Hall–Kier alpha value is -3.71. The van der Waals surface area contributed by atoms with Crippen molar-refractivity contribution in [1.29, 1.82) is 0 Å². The third kappa shape index (κ3) is 2.30. The van der Waals surface area contributed by atoms with Crippen LogP contribution in [0.3, 0.4) is 0 Å². The summed E-state index contributed by atoms with van der Waals surface area (Å²) in [5.41, 5.74) is 5.95. The summed E-state index contributed by atoms with van der Waals surface area (Å²) < 4.78 is 7.59. The molecule has 3 aromatic carbocycles. The van der Waals surface area contributed by atoms with Gasteiger partial charge in [-0.2, -0.15) is 4.37 Å². The van der Waals surface area contributed by atoms with Crippen molar-refractivity contribution in [3.8, 4) is 22.9 Å². The molecule has 3 heterocycles. The number of nitrogens with one attached hydrogen (secondary N) is 1. The fourth-order valence-electron chi connectivity index (χ4n) is 3.38. The quantitative estimate of drug-likeness (QED) is 0.465. The topological polar surface area (TPSA) is 80.2 Å². The Balaban J connectivity index is 1.66. The predicted molar refractivity (Wildman–Crippen MR) is 111 cm³/mol. The zero-order chi connectivity index (χ0) is 18.5. The summed E-state index contributed by atoms with van der Waals surface area (Å²) in [6.45, 7) is 0. The van der Waals surface area contributed by atoms with E-state index in [1.807, 2.05) is 66.7 Å². The van der Waals surface area contributed by atoms with Gasteiger partial charge in [-0.1, -0.05) is 48.5 Å². The Morgan fingerprint density at radius 2 is 1.46 bits per heavy atom. The Morgan fingerprint density at radius 3 is 2.39 bits per heavy atom. The molecule has 0 saturated carbocycles. The van der Waals surface area contributed by atoms with Gasteiger partial charge in [-0.3, -0.25) is 4.37 Å². The van der Waals surface area contributed by atoms with Crippen LogP contribution in [0.2, 0.25) is 0 Å². The first-order chi connectivity index (χ1) is 13.9. The molecule has 0 spiro atoms. The number of benzene rings is 3. The number of hydrogen-bond donors (Lipinski definition) is 1. The molecule has 0 amide bonds. The van der Waals surface area contributed by atoms with Gasteiger partial charge in [0.2, 0.25) is 0 Å². The fraction of sp³-hybridized carbons (Fsp3) is 0. The second kappa shape index (κ2) is 5.90. The second-order valence-corrected chi connectivity index (χ2v) is 7.01. The van der Waals surface area contributed by atoms with Gasteiger partial charge >= 0.3 is 0 Å². The molecule has 7 heteroatoms. The molecule has 132 valence electrons. The van der Waals surface area contributed by atoms with Crippen molar-refractivity contribution in [2.45, 2.75) is 0 Å². The summed E-state index contributed by atoms with van der Waals surface area (Å²) >= 11 is 1.31. The first-order valence-corrected chi connectivity index (χ1v) is 9.57. The monoisotopic (exact) mass is 380 g/mol. The highest BCUT2D eigenvalue weighted by Gasteiger charge is 2.17. The minimum atomic E-state index is 0.589. The van der Waals surface area contributed by atoms with Gasteiger partial charge < -0.3 is 0 Å². The number of H-pyrrole nitrogens is 1. The normalized spacial score (nSPS) is 11.6. The molecule has 6 nitrogen and oxygen atoms in total. The van der Waals surface area contributed by atoms with Crippen LogP contribution in [0.1, 0.15) is 0 Å². The zero-order valence-electron chi connectivity index (χ0n) is 14.5. The number of nitrogens with zero attached hydrogens (tertiary/aromatic N) is 5. The Morgan fingerprint density at radius 1 is 0.643 bits per heavy atom. The Labute approximate surface area is 163 Å². The number of hydrogen-bond acceptors (Lipinski definition) is 6. The SMILES string of the molecule is c1ccc(-c2nc(-c3nc4ccc5[nH]snc5c4n3)c3ccccc3n2)cc1. The molecule has 28 heavy (non-hydrogen) atoms. The summed E-state index contributed by atoms with van der Waals surface area (Å²) in [5.74, 6) is 1.25. The molecule has 0 aliphatic rings. The third-order valence-corrected chi connectivity index (χ3v) is 5.30. The standard InChI is InChI=1S/C21H12N6S/c1-2-6-12(7-3-1)20-22-14-9-5-4-8-13(14)17(24-20)21-23-15-10-11-16-19(18(15)25-21)27-28-26-16/h1-11,26H. The lowest BCUT2D eigenvalue weighted by atomic mass is 10.1. The molecular formula is C21H12N6S. The van der Waals surface area contributed by atoms with Gasteiger partial charge in [0.15, 0.2) is 11.6 Å². The molecule has 0 fully saturated rings. The van der Waals surface area contributed by atoms with Crippen molar-refractivity contribution in [1.82, 2.24) is 28.7 Å². The number of rotatable bonds is 2. The van der Waals surface area contributed by atoms with Crippen molar-refractivity contribution in [2.24, 2.45) is 0 Å². The van der Waals surface area contributed by atoms with E-state index in [0.717, 1.165) is 44.2 Å². The zero-order valence-corrected chi connectivity index (χ0v) is 15.3. The largest absolute Gasteiger partial charge is 0.293 e. The summed E-state index contributed by atoms with van der Waals surface area (Å²) in [6.07, 6.45) is 0. The number of imidazole rings is 1. The van der Waals surface area contributed by atoms with Crippen LogP contribution < -0.4 is 0 Å². The van der Waals surface area contributed by atoms with E-state index in [-0.39, 0.29) is 0 Å². The molecule has 0 atom stereocenters. The first-order valence-electron chi connectivity index (χ1n) is 8.80. The smallest absolute Gasteiger partial charge is 0.180 e. The molecule has 0 radical (unpaired) electrons. The number of fused-ring (bicyclic) bond motifs is 4. The average Bonchev–Trinajstić information content (AvgIpc) is 3.40. The minimum Gasteiger partial charge on any atom is -0.293 e. The molecule has 0 aliphatic heterocycles. The summed E-state index contributed by atoms with van der Waals surface area (Å²) in [5, 5.41) is 0.929. The van der Waals surface area contributed by atoms with Gasteiger partial charge in [0.25, 0.3) is 0 Å². The summed E-state index contributed by atoms with van der Waals surface area (Å²) in [6, 6.07) is 21.8. The highest BCUT2D eigenvalue weighted by molar-refractivity contribution is 7.00. The molecule has 6 rings (SSSR count). The van der Waals surface area contributed by atoms with Gasteiger partial charge in [-0.05, 0) is 18.2 Å². The lowest BCUT2D eigenvalue weighted by Crippen LogP contribution is -1.96. The lowest BCUT2D eigenvalue weighted by Gasteiger charge is -2.06. The van der Waals surface area contributed by atoms with E-state index in [0.29, 0.717) is 11.6 Å². The predicted octanol–water partition coefficient (Wildman–Crippen LogP) is 4.84. The Kier molecular flexibility index (Phi) is 3.24. The van der Waals surface area contributed by atoms with Crippen LogP contribution in [0.5, 0.6) is 0 Å². The van der Waals surface area contributed by atoms with Crippen LogP contribution in [0.4, 0.5) is 0 Å². The molecule has 1 N–H and O–H groups in total. The average molecular weight is 380 g/mol. The molecular weight excluding hydrogens is 368 g/mol. The fourth-order valence-corrected chi connectivity index (χ4v) is 3.96. The number of aromatic nitrogens is 6. The van der Waals surface area contributed by atoms with Crippen molar-refractivity contribution < 1.29 is 0 Å². The molecule has 0 bridgehead atoms. The molecule has 3 aromatic heterocycles.